The maximum Gasteiger partial charge on any atom is 0.235 e. The SMILES string of the molecule is CNNC(=O)CC(N)c1ccccc1. The molecule has 14 heavy (non-hydrogen) atoms. The molecule has 4 N–H and O–H groups in total. The van der Waals surface area contributed by atoms with Crippen LogP contribution in [0.5, 0.6) is 0 Å². The molecule has 1 rings (SSSR count). The Bertz CT molecular complexity index is 287. The van der Waals surface area contributed by atoms with E-state index < -0.39 is 0 Å². The molecule has 1 atom stereocenters. The monoisotopic (exact) mass is 193 g/mol. The van der Waals surface area contributed by atoms with Crippen LogP contribution in [0.15, 0.2) is 30.3 Å². The summed E-state index contributed by atoms with van der Waals surface area (Å²) in [6.45, 7) is 0. The van der Waals surface area contributed by atoms with Crippen molar-refractivity contribution in [2.75, 3.05) is 7.05 Å². The second-order valence-electron chi connectivity index (χ2n) is 3.02. The van der Waals surface area contributed by atoms with Crippen molar-refractivity contribution < 1.29 is 4.79 Å². The minimum Gasteiger partial charge on any atom is -0.324 e. The molecule has 0 aliphatic rings. The van der Waals surface area contributed by atoms with E-state index in [0.717, 1.165) is 5.56 Å². The highest BCUT2D eigenvalue weighted by atomic mass is 16.2. The highest BCUT2D eigenvalue weighted by Gasteiger charge is 2.09. The summed E-state index contributed by atoms with van der Waals surface area (Å²) in [5.41, 5.74) is 11.9. The molecule has 0 spiro atoms. The van der Waals surface area contributed by atoms with Gasteiger partial charge in [0.25, 0.3) is 0 Å². The Hall–Kier alpha value is -1.39. The van der Waals surface area contributed by atoms with Crippen LogP contribution < -0.4 is 16.6 Å². The Balaban J connectivity index is 2.50. The maximum atomic E-state index is 11.2. The van der Waals surface area contributed by atoms with E-state index in [2.05, 4.69) is 10.9 Å². The minimum absolute atomic E-state index is 0.108. The van der Waals surface area contributed by atoms with Gasteiger partial charge in [0, 0.05) is 19.5 Å². The molecule has 0 aromatic heterocycles. The van der Waals surface area contributed by atoms with E-state index >= 15 is 0 Å². The van der Waals surface area contributed by atoms with Gasteiger partial charge in [-0.05, 0) is 5.56 Å². The van der Waals surface area contributed by atoms with E-state index in [9.17, 15) is 4.79 Å². The number of hydrazine groups is 1. The van der Waals surface area contributed by atoms with Gasteiger partial charge in [-0.25, -0.2) is 5.43 Å². The van der Waals surface area contributed by atoms with Gasteiger partial charge in [-0.1, -0.05) is 30.3 Å². The predicted octanol–water partition coefficient (Wildman–Crippen LogP) is 0.327. The Morgan fingerprint density at radius 3 is 2.64 bits per heavy atom. The fourth-order valence-electron chi connectivity index (χ4n) is 1.21. The van der Waals surface area contributed by atoms with Crippen LogP contribution in [0, 0.1) is 0 Å². The van der Waals surface area contributed by atoms with Crippen LogP contribution >= 0.6 is 0 Å². The number of benzene rings is 1. The van der Waals surface area contributed by atoms with Gasteiger partial charge >= 0.3 is 0 Å². The summed E-state index contributed by atoms with van der Waals surface area (Å²) >= 11 is 0. The molecule has 76 valence electrons. The smallest absolute Gasteiger partial charge is 0.235 e. The molecular weight excluding hydrogens is 178 g/mol. The number of carbonyl (C=O) groups is 1. The third-order valence-corrected chi connectivity index (χ3v) is 1.90. The van der Waals surface area contributed by atoms with Gasteiger partial charge in [-0.2, -0.15) is 0 Å². The molecule has 0 fully saturated rings. The van der Waals surface area contributed by atoms with Gasteiger partial charge in [0.05, 0.1) is 0 Å². The fraction of sp³-hybridized carbons (Fsp3) is 0.300. The molecule has 1 amide bonds. The Kier molecular flexibility index (Phi) is 4.10. The highest BCUT2D eigenvalue weighted by Crippen LogP contribution is 2.12. The van der Waals surface area contributed by atoms with Crippen LogP contribution in [-0.4, -0.2) is 13.0 Å². The van der Waals surface area contributed by atoms with Crippen molar-refractivity contribution >= 4 is 5.91 Å². The summed E-state index contributed by atoms with van der Waals surface area (Å²) in [5, 5.41) is 0. The number of hydrogen-bond donors (Lipinski definition) is 3. The van der Waals surface area contributed by atoms with Crippen molar-refractivity contribution in [1.29, 1.82) is 0 Å². The quantitative estimate of drug-likeness (QED) is 0.603. The van der Waals surface area contributed by atoms with E-state index in [0.29, 0.717) is 0 Å². The zero-order chi connectivity index (χ0) is 10.4. The zero-order valence-electron chi connectivity index (χ0n) is 8.16. The van der Waals surface area contributed by atoms with Crippen LogP contribution in [0.3, 0.4) is 0 Å². The lowest BCUT2D eigenvalue weighted by Crippen LogP contribution is -2.35. The van der Waals surface area contributed by atoms with Gasteiger partial charge in [0.15, 0.2) is 0 Å². The highest BCUT2D eigenvalue weighted by molar-refractivity contribution is 5.76. The lowest BCUT2D eigenvalue weighted by molar-refractivity contribution is -0.122. The molecule has 1 unspecified atom stereocenters. The van der Waals surface area contributed by atoms with Gasteiger partial charge < -0.3 is 5.73 Å². The van der Waals surface area contributed by atoms with Crippen molar-refractivity contribution in [2.45, 2.75) is 12.5 Å². The fourth-order valence-corrected chi connectivity index (χ4v) is 1.21. The molecule has 1 aromatic carbocycles. The lowest BCUT2D eigenvalue weighted by Gasteiger charge is -2.11. The second-order valence-corrected chi connectivity index (χ2v) is 3.02. The van der Waals surface area contributed by atoms with Gasteiger partial charge in [0.1, 0.15) is 0 Å². The molecule has 0 aliphatic carbocycles. The van der Waals surface area contributed by atoms with Crippen LogP contribution in [0.2, 0.25) is 0 Å². The standard InChI is InChI=1S/C10H15N3O/c1-12-13-10(14)7-9(11)8-5-3-2-4-6-8/h2-6,9,12H,7,11H2,1H3,(H,13,14). The summed E-state index contributed by atoms with van der Waals surface area (Å²) in [6.07, 6.45) is 0.283. The molecule has 0 radical (unpaired) electrons. The Labute approximate surface area is 83.5 Å². The second kappa shape index (κ2) is 5.36. The van der Waals surface area contributed by atoms with Gasteiger partial charge in [-0.3, -0.25) is 10.2 Å². The summed E-state index contributed by atoms with van der Waals surface area (Å²) in [5.74, 6) is -0.108. The third-order valence-electron chi connectivity index (χ3n) is 1.90. The number of rotatable bonds is 4. The van der Waals surface area contributed by atoms with E-state index in [1.807, 2.05) is 30.3 Å². The lowest BCUT2D eigenvalue weighted by atomic mass is 10.0. The van der Waals surface area contributed by atoms with Crippen LogP contribution in [0.25, 0.3) is 0 Å². The topological polar surface area (TPSA) is 67.1 Å². The maximum absolute atomic E-state index is 11.2. The Morgan fingerprint density at radius 2 is 2.07 bits per heavy atom. The summed E-state index contributed by atoms with van der Waals surface area (Å²) < 4.78 is 0. The van der Waals surface area contributed by atoms with Crippen LogP contribution in [0.1, 0.15) is 18.0 Å². The molecule has 4 nitrogen and oxygen atoms in total. The van der Waals surface area contributed by atoms with E-state index in [-0.39, 0.29) is 18.4 Å². The van der Waals surface area contributed by atoms with Crippen molar-refractivity contribution in [2.24, 2.45) is 5.73 Å². The minimum atomic E-state index is -0.246. The number of hydrogen-bond acceptors (Lipinski definition) is 3. The number of nitrogens with one attached hydrogen (secondary N) is 2. The average molecular weight is 193 g/mol. The van der Waals surface area contributed by atoms with Crippen molar-refractivity contribution in [3.05, 3.63) is 35.9 Å². The zero-order valence-corrected chi connectivity index (χ0v) is 8.16. The van der Waals surface area contributed by atoms with Gasteiger partial charge in [-0.15, -0.1) is 0 Å². The number of amides is 1. The molecule has 0 heterocycles. The van der Waals surface area contributed by atoms with E-state index in [1.165, 1.54) is 0 Å². The predicted molar refractivity (Wildman–Crippen MR) is 55.2 cm³/mol. The largest absolute Gasteiger partial charge is 0.324 e. The van der Waals surface area contributed by atoms with Gasteiger partial charge in [0.2, 0.25) is 5.91 Å². The van der Waals surface area contributed by atoms with E-state index in [1.54, 1.807) is 7.05 Å². The Morgan fingerprint density at radius 1 is 1.43 bits per heavy atom. The molecule has 0 saturated carbocycles. The average Bonchev–Trinajstić information content (AvgIpc) is 2.19. The first-order valence-corrected chi connectivity index (χ1v) is 4.50. The molecule has 0 bridgehead atoms. The third kappa shape index (κ3) is 3.16. The summed E-state index contributed by atoms with van der Waals surface area (Å²) in [7, 11) is 1.64. The number of nitrogens with two attached hydrogens (primary N) is 1. The molecule has 1 aromatic rings. The molecule has 0 aliphatic heterocycles. The molecule has 4 heteroatoms. The molecular formula is C10H15N3O. The first kappa shape index (κ1) is 10.7. The van der Waals surface area contributed by atoms with Crippen molar-refractivity contribution in [1.82, 2.24) is 10.9 Å². The normalized spacial score (nSPS) is 12.1. The van der Waals surface area contributed by atoms with E-state index in [4.69, 9.17) is 5.73 Å². The first-order valence-electron chi connectivity index (χ1n) is 4.50. The van der Waals surface area contributed by atoms with Crippen molar-refractivity contribution in [3.8, 4) is 0 Å². The van der Waals surface area contributed by atoms with Crippen LogP contribution in [-0.2, 0) is 4.79 Å². The van der Waals surface area contributed by atoms with Crippen LogP contribution in [0.4, 0.5) is 0 Å². The molecule has 0 saturated heterocycles. The summed E-state index contributed by atoms with van der Waals surface area (Å²) in [4.78, 5) is 11.2. The summed E-state index contributed by atoms with van der Waals surface area (Å²) in [6, 6.07) is 9.32. The first-order chi connectivity index (χ1) is 6.74. The number of carbonyl (C=O) groups excluding carboxylic acids is 1. The van der Waals surface area contributed by atoms with Crippen molar-refractivity contribution in [3.63, 3.8) is 0 Å².